The lowest BCUT2D eigenvalue weighted by molar-refractivity contribution is 0.0635. The monoisotopic (exact) mass is 388 g/mol. The van der Waals surface area contributed by atoms with Crippen LogP contribution < -0.4 is 0 Å². The SMILES string of the molecule is C[C@H]1CCCCN1C(=O)c1cccc(-c2nc3cc(Cl)cc(Cl)c3o2)c1. The van der Waals surface area contributed by atoms with Gasteiger partial charge in [0.1, 0.15) is 5.52 Å². The second-order valence-corrected chi connectivity index (χ2v) is 7.52. The first-order valence-electron chi connectivity index (χ1n) is 8.70. The zero-order chi connectivity index (χ0) is 18.3. The maximum atomic E-state index is 12.9. The van der Waals surface area contributed by atoms with E-state index < -0.39 is 0 Å². The van der Waals surface area contributed by atoms with E-state index in [0.717, 1.165) is 24.9 Å². The molecule has 4 nitrogen and oxygen atoms in total. The van der Waals surface area contributed by atoms with Gasteiger partial charge in [0, 0.05) is 28.7 Å². The molecule has 0 unspecified atom stereocenters. The summed E-state index contributed by atoms with van der Waals surface area (Å²) in [7, 11) is 0. The van der Waals surface area contributed by atoms with Gasteiger partial charge in [0.05, 0.1) is 5.02 Å². The molecule has 1 fully saturated rings. The molecule has 4 rings (SSSR count). The minimum atomic E-state index is 0.0521. The van der Waals surface area contributed by atoms with E-state index in [1.165, 1.54) is 6.42 Å². The number of rotatable bonds is 2. The van der Waals surface area contributed by atoms with Gasteiger partial charge in [-0.25, -0.2) is 4.98 Å². The zero-order valence-corrected chi connectivity index (χ0v) is 15.8. The lowest BCUT2D eigenvalue weighted by atomic mass is 10.0. The number of fused-ring (bicyclic) bond motifs is 1. The summed E-state index contributed by atoms with van der Waals surface area (Å²) in [4.78, 5) is 19.3. The highest BCUT2D eigenvalue weighted by atomic mass is 35.5. The molecule has 3 aromatic rings. The Hall–Kier alpha value is -2.04. The molecule has 0 N–H and O–H groups in total. The number of likely N-dealkylation sites (tertiary alicyclic amines) is 1. The van der Waals surface area contributed by atoms with Crippen molar-refractivity contribution in [2.24, 2.45) is 0 Å². The van der Waals surface area contributed by atoms with Crippen molar-refractivity contribution in [2.75, 3.05) is 6.54 Å². The van der Waals surface area contributed by atoms with Crippen LogP contribution in [0.4, 0.5) is 0 Å². The normalized spacial score (nSPS) is 17.7. The Morgan fingerprint density at radius 1 is 1.23 bits per heavy atom. The van der Waals surface area contributed by atoms with Crippen LogP contribution in [0.15, 0.2) is 40.8 Å². The zero-order valence-electron chi connectivity index (χ0n) is 14.3. The fraction of sp³-hybridized carbons (Fsp3) is 0.300. The Labute approximate surface area is 161 Å². The number of carbonyl (C=O) groups excluding carboxylic acids is 1. The summed E-state index contributed by atoms with van der Waals surface area (Å²) in [5.41, 5.74) is 2.47. The molecule has 0 saturated carbocycles. The minimum absolute atomic E-state index is 0.0521. The van der Waals surface area contributed by atoms with E-state index in [9.17, 15) is 4.79 Å². The van der Waals surface area contributed by atoms with Crippen LogP contribution in [-0.2, 0) is 0 Å². The van der Waals surface area contributed by atoms with Crippen LogP contribution >= 0.6 is 23.2 Å². The number of hydrogen-bond acceptors (Lipinski definition) is 3. The molecule has 0 aliphatic carbocycles. The molecule has 26 heavy (non-hydrogen) atoms. The molecular formula is C20H18Cl2N2O2. The molecule has 0 spiro atoms. The van der Waals surface area contributed by atoms with Crippen molar-refractivity contribution in [3.8, 4) is 11.5 Å². The standard InChI is InChI=1S/C20H18Cl2N2O2/c1-12-5-2-3-8-24(12)20(25)14-7-4-6-13(9-14)19-23-17-11-15(21)10-16(22)18(17)26-19/h4,6-7,9-12H,2-3,5,8H2,1H3/t12-/m0/s1. The van der Waals surface area contributed by atoms with Gasteiger partial charge >= 0.3 is 0 Å². The maximum absolute atomic E-state index is 12.9. The van der Waals surface area contributed by atoms with Gasteiger partial charge in [-0.1, -0.05) is 29.3 Å². The third-order valence-electron chi connectivity index (χ3n) is 4.83. The number of nitrogens with zero attached hydrogens (tertiary/aromatic N) is 2. The van der Waals surface area contributed by atoms with Gasteiger partial charge in [0.15, 0.2) is 5.58 Å². The summed E-state index contributed by atoms with van der Waals surface area (Å²) >= 11 is 12.2. The first kappa shape index (κ1) is 17.4. The predicted octanol–water partition coefficient (Wildman–Crippen LogP) is 5.82. The summed E-state index contributed by atoms with van der Waals surface area (Å²) in [6.07, 6.45) is 3.28. The van der Waals surface area contributed by atoms with E-state index in [1.807, 2.05) is 29.2 Å². The van der Waals surface area contributed by atoms with Gasteiger partial charge in [-0.15, -0.1) is 0 Å². The lowest BCUT2D eigenvalue weighted by Crippen LogP contribution is -2.42. The van der Waals surface area contributed by atoms with E-state index in [2.05, 4.69) is 11.9 Å². The highest BCUT2D eigenvalue weighted by Crippen LogP contribution is 2.32. The fourth-order valence-electron chi connectivity index (χ4n) is 3.43. The van der Waals surface area contributed by atoms with Gasteiger partial charge in [-0.2, -0.15) is 0 Å². The number of oxazole rings is 1. The number of benzene rings is 2. The summed E-state index contributed by atoms with van der Waals surface area (Å²) < 4.78 is 5.81. The molecule has 1 saturated heterocycles. The Morgan fingerprint density at radius 3 is 2.88 bits per heavy atom. The van der Waals surface area contributed by atoms with Crippen molar-refractivity contribution in [1.29, 1.82) is 0 Å². The number of amides is 1. The maximum Gasteiger partial charge on any atom is 0.254 e. The number of carbonyl (C=O) groups is 1. The largest absolute Gasteiger partial charge is 0.435 e. The molecule has 1 aliphatic heterocycles. The van der Waals surface area contributed by atoms with Crippen LogP contribution in [0.3, 0.4) is 0 Å². The molecular weight excluding hydrogens is 371 g/mol. The van der Waals surface area contributed by atoms with Crippen molar-refractivity contribution in [3.63, 3.8) is 0 Å². The lowest BCUT2D eigenvalue weighted by Gasteiger charge is -2.33. The molecule has 1 aromatic heterocycles. The van der Waals surface area contributed by atoms with Crippen LogP contribution in [0.1, 0.15) is 36.5 Å². The van der Waals surface area contributed by atoms with Gasteiger partial charge in [-0.3, -0.25) is 4.79 Å². The molecule has 0 bridgehead atoms. The van der Waals surface area contributed by atoms with Crippen molar-refractivity contribution in [1.82, 2.24) is 9.88 Å². The number of piperidine rings is 1. The highest BCUT2D eigenvalue weighted by Gasteiger charge is 2.24. The second-order valence-electron chi connectivity index (χ2n) is 6.68. The van der Waals surface area contributed by atoms with Crippen LogP contribution in [0.25, 0.3) is 22.6 Å². The van der Waals surface area contributed by atoms with E-state index in [-0.39, 0.29) is 11.9 Å². The van der Waals surface area contributed by atoms with Gasteiger partial charge < -0.3 is 9.32 Å². The Bertz CT molecular complexity index is 983. The number of hydrogen-bond donors (Lipinski definition) is 0. The third-order valence-corrected chi connectivity index (χ3v) is 5.33. The van der Waals surface area contributed by atoms with Crippen LogP contribution in [0, 0.1) is 0 Å². The predicted molar refractivity (Wildman–Crippen MR) is 104 cm³/mol. The van der Waals surface area contributed by atoms with Crippen molar-refractivity contribution in [3.05, 3.63) is 52.0 Å². The van der Waals surface area contributed by atoms with Crippen molar-refractivity contribution in [2.45, 2.75) is 32.2 Å². The van der Waals surface area contributed by atoms with Gasteiger partial charge in [-0.05, 0) is 56.5 Å². The Morgan fingerprint density at radius 2 is 2.08 bits per heavy atom. The molecule has 2 heterocycles. The Kier molecular flexibility index (Phi) is 4.63. The smallest absolute Gasteiger partial charge is 0.254 e. The summed E-state index contributed by atoms with van der Waals surface area (Å²) in [5, 5.41) is 0.922. The van der Waals surface area contributed by atoms with E-state index in [4.69, 9.17) is 27.6 Å². The van der Waals surface area contributed by atoms with Crippen LogP contribution in [0.5, 0.6) is 0 Å². The Balaban J connectivity index is 1.69. The summed E-state index contributed by atoms with van der Waals surface area (Å²) in [5.74, 6) is 0.474. The fourth-order valence-corrected chi connectivity index (χ4v) is 3.96. The molecule has 0 radical (unpaired) electrons. The van der Waals surface area contributed by atoms with E-state index >= 15 is 0 Å². The second kappa shape index (κ2) is 6.93. The molecule has 1 amide bonds. The molecule has 2 aromatic carbocycles. The number of halogens is 2. The minimum Gasteiger partial charge on any atom is -0.435 e. The van der Waals surface area contributed by atoms with E-state index in [1.54, 1.807) is 12.1 Å². The van der Waals surface area contributed by atoms with Gasteiger partial charge in [0.2, 0.25) is 5.89 Å². The molecule has 1 aliphatic rings. The highest BCUT2D eigenvalue weighted by molar-refractivity contribution is 6.38. The molecule has 6 heteroatoms. The summed E-state index contributed by atoms with van der Waals surface area (Å²) in [6.45, 7) is 2.91. The topological polar surface area (TPSA) is 46.3 Å². The van der Waals surface area contributed by atoms with Gasteiger partial charge in [0.25, 0.3) is 5.91 Å². The molecule has 134 valence electrons. The van der Waals surface area contributed by atoms with E-state index in [0.29, 0.717) is 32.6 Å². The quantitative estimate of drug-likeness (QED) is 0.555. The van der Waals surface area contributed by atoms with Crippen LogP contribution in [-0.4, -0.2) is 28.4 Å². The first-order valence-corrected chi connectivity index (χ1v) is 9.45. The third kappa shape index (κ3) is 3.19. The molecule has 1 atom stereocenters. The number of aromatic nitrogens is 1. The summed E-state index contributed by atoms with van der Waals surface area (Å²) in [6, 6.07) is 11.0. The average Bonchev–Trinajstić information content (AvgIpc) is 3.06. The first-order chi connectivity index (χ1) is 12.5. The average molecular weight is 389 g/mol. The van der Waals surface area contributed by atoms with Crippen molar-refractivity contribution < 1.29 is 9.21 Å². The van der Waals surface area contributed by atoms with Crippen molar-refractivity contribution >= 4 is 40.2 Å². The van der Waals surface area contributed by atoms with Crippen LogP contribution in [0.2, 0.25) is 10.0 Å².